The zero-order valence-electron chi connectivity index (χ0n) is 6.42. The Hall–Kier alpha value is -1.47. The highest BCUT2D eigenvalue weighted by molar-refractivity contribution is 6.50. The van der Waals surface area contributed by atoms with Crippen LogP contribution in [0.1, 0.15) is 0 Å². The van der Waals surface area contributed by atoms with E-state index in [4.69, 9.17) is 11.5 Å². The van der Waals surface area contributed by atoms with Crippen molar-refractivity contribution in [2.24, 2.45) is 0 Å². The Balaban J connectivity index is 0.000000252. The summed E-state index contributed by atoms with van der Waals surface area (Å²) in [7, 11) is -6.00. The third kappa shape index (κ3) is 8.44. The van der Waals surface area contributed by atoms with Gasteiger partial charge in [0.25, 0.3) is 0 Å². The highest BCUT2D eigenvalue weighted by Gasteiger charge is 2.20. The van der Waals surface area contributed by atoms with E-state index in [0.29, 0.717) is 11.5 Å². The Morgan fingerprint density at radius 1 is 1.15 bits per heavy atom. The zero-order chi connectivity index (χ0) is 10.5. The molecule has 1 rings (SSSR count). The van der Waals surface area contributed by atoms with Crippen molar-refractivity contribution in [3.05, 3.63) is 18.3 Å². The Morgan fingerprint density at radius 2 is 1.62 bits per heavy atom. The first-order valence-electron chi connectivity index (χ1n) is 3.14. The van der Waals surface area contributed by atoms with Crippen molar-refractivity contribution >= 4 is 18.8 Å². The van der Waals surface area contributed by atoms with Crippen molar-refractivity contribution in [2.45, 2.75) is 0 Å². The lowest BCUT2D eigenvalue weighted by molar-refractivity contribution is 0.368. The maximum atomic E-state index is 9.75. The number of anilines is 2. The molecule has 0 amide bonds. The molecule has 3 nitrogen and oxygen atoms in total. The zero-order valence-corrected chi connectivity index (χ0v) is 6.42. The first kappa shape index (κ1) is 11.5. The highest BCUT2D eigenvalue weighted by Crippen LogP contribution is 2.06. The maximum Gasteiger partial charge on any atom is 0.673 e. The van der Waals surface area contributed by atoms with E-state index in [1.807, 2.05) is 0 Å². The van der Waals surface area contributed by atoms with E-state index in [1.165, 1.54) is 0 Å². The van der Waals surface area contributed by atoms with Crippen LogP contribution in [0.3, 0.4) is 0 Å². The molecule has 0 aliphatic carbocycles. The number of hydrogen-bond donors (Lipinski definition) is 2. The van der Waals surface area contributed by atoms with Gasteiger partial charge in [-0.25, -0.2) is 4.98 Å². The second-order valence-corrected chi connectivity index (χ2v) is 1.97. The van der Waals surface area contributed by atoms with Gasteiger partial charge in [-0.3, -0.25) is 0 Å². The average Bonchev–Trinajstić information content (AvgIpc) is 1.92. The molecule has 74 valence electrons. The van der Waals surface area contributed by atoms with Crippen LogP contribution < -0.4 is 11.5 Å². The van der Waals surface area contributed by atoms with Gasteiger partial charge in [0.15, 0.2) is 0 Å². The molecule has 0 aliphatic heterocycles. The maximum absolute atomic E-state index is 9.75. The third-order valence-corrected chi connectivity index (χ3v) is 0.871. The van der Waals surface area contributed by atoms with Crippen LogP contribution >= 0.6 is 0 Å². The molecule has 0 aromatic carbocycles. The minimum Gasteiger partial charge on any atom is -0.418 e. The summed E-state index contributed by atoms with van der Waals surface area (Å²) in [6.45, 7) is 0. The van der Waals surface area contributed by atoms with Crippen molar-refractivity contribution in [1.29, 1.82) is 0 Å². The molecule has 1 heterocycles. The van der Waals surface area contributed by atoms with Gasteiger partial charge in [0.2, 0.25) is 0 Å². The number of nitrogens with zero attached hydrogens (tertiary/aromatic N) is 1. The number of aromatic nitrogens is 1. The number of nitrogen functional groups attached to an aromatic ring is 2. The highest BCUT2D eigenvalue weighted by atomic mass is 19.5. The number of pyridine rings is 1. The second-order valence-electron chi connectivity index (χ2n) is 1.97. The Labute approximate surface area is 71.9 Å². The van der Waals surface area contributed by atoms with Crippen LogP contribution in [-0.4, -0.2) is 12.2 Å². The molecule has 0 saturated heterocycles. The van der Waals surface area contributed by atoms with E-state index < -0.39 is 7.25 Å². The minimum absolute atomic E-state index is 0.396. The fraction of sp³-hybridized carbons (Fsp3) is 0. The largest absolute Gasteiger partial charge is 0.673 e. The van der Waals surface area contributed by atoms with Gasteiger partial charge in [-0.05, 0) is 12.1 Å². The van der Waals surface area contributed by atoms with Gasteiger partial charge >= 0.3 is 7.25 Å². The fourth-order valence-corrected chi connectivity index (χ4v) is 0.430. The minimum atomic E-state index is -6.00. The quantitative estimate of drug-likeness (QED) is 0.488. The van der Waals surface area contributed by atoms with Gasteiger partial charge in [-0.1, -0.05) is 0 Å². The topological polar surface area (TPSA) is 64.9 Å². The molecular formula is C5H7BF4N3-. The summed E-state index contributed by atoms with van der Waals surface area (Å²) in [6, 6.07) is 3.45. The van der Waals surface area contributed by atoms with Gasteiger partial charge in [-0.15, -0.1) is 0 Å². The lowest BCUT2D eigenvalue weighted by atomic mass is 10.3. The van der Waals surface area contributed by atoms with Crippen LogP contribution in [0.4, 0.5) is 28.8 Å². The summed E-state index contributed by atoms with van der Waals surface area (Å²) in [5.41, 5.74) is 11.2. The lowest BCUT2D eigenvalue weighted by Crippen LogP contribution is -2.02. The van der Waals surface area contributed by atoms with E-state index in [0.717, 1.165) is 0 Å². The Bertz CT molecular complexity index is 237. The van der Waals surface area contributed by atoms with Crippen molar-refractivity contribution in [2.75, 3.05) is 11.5 Å². The molecule has 0 saturated carbocycles. The van der Waals surface area contributed by atoms with E-state index in [9.17, 15) is 17.3 Å². The summed E-state index contributed by atoms with van der Waals surface area (Å²) >= 11 is 0. The van der Waals surface area contributed by atoms with Crippen LogP contribution in [0, 0.1) is 0 Å². The third-order valence-electron chi connectivity index (χ3n) is 0.871. The predicted molar refractivity (Wildman–Crippen MR) is 43.2 cm³/mol. The van der Waals surface area contributed by atoms with Crippen LogP contribution in [0.2, 0.25) is 0 Å². The SMILES string of the molecule is F[B-](F)(F)F.Nc1cccnc1N. The molecule has 8 heteroatoms. The van der Waals surface area contributed by atoms with Crippen LogP contribution in [0.5, 0.6) is 0 Å². The molecule has 0 aliphatic rings. The number of halogens is 4. The molecule has 0 fully saturated rings. The summed E-state index contributed by atoms with van der Waals surface area (Å²) in [4.78, 5) is 3.73. The van der Waals surface area contributed by atoms with Gasteiger partial charge < -0.3 is 28.7 Å². The first-order valence-corrected chi connectivity index (χ1v) is 3.14. The van der Waals surface area contributed by atoms with E-state index in [2.05, 4.69) is 4.98 Å². The molecule has 0 radical (unpaired) electrons. The Kier molecular flexibility index (Phi) is 4.02. The normalized spacial score (nSPS) is 10.2. The van der Waals surface area contributed by atoms with Crippen LogP contribution in [0.15, 0.2) is 18.3 Å². The molecule has 13 heavy (non-hydrogen) atoms. The van der Waals surface area contributed by atoms with Gasteiger partial charge in [0, 0.05) is 6.20 Å². The summed E-state index contributed by atoms with van der Waals surface area (Å²) in [6.07, 6.45) is 1.60. The van der Waals surface area contributed by atoms with Gasteiger partial charge in [-0.2, -0.15) is 0 Å². The van der Waals surface area contributed by atoms with E-state index >= 15 is 0 Å². The molecule has 0 spiro atoms. The second kappa shape index (κ2) is 4.53. The van der Waals surface area contributed by atoms with Crippen molar-refractivity contribution in [3.8, 4) is 0 Å². The number of hydrogen-bond acceptors (Lipinski definition) is 3. The molecule has 4 N–H and O–H groups in total. The van der Waals surface area contributed by atoms with E-state index in [-0.39, 0.29) is 0 Å². The van der Waals surface area contributed by atoms with Crippen molar-refractivity contribution < 1.29 is 17.3 Å². The van der Waals surface area contributed by atoms with Crippen LogP contribution in [0.25, 0.3) is 0 Å². The average molecular weight is 196 g/mol. The molecule has 0 bridgehead atoms. The summed E-state index contributed by atoms with van der Waals surface area (Å²) in [5.74, 6) is 0.396. The standard InChI is InChI=1S/C5H7N3.BF4/c6-4-2-1-3-8-5(4)7;2-1(3,4)5/h1-3H,6H2,(H2,7,8);/q;-1. The van der Waals surface area contributed by atoms with Crippen LogP contribution in [-0.2, 0) is 0 Å². The monoisotopic (exact) mass is 196 g/mol. The molecule has 1 aromatic heterocycles. The first-order chi connectivity index (χ1) is 5.80. The number of nitrogens with two attached hydrogens (primary N) is 2. The number of rotatable bonds is 0. The lowest BCUT2D eigenvalue weighted by Gasteiger charge is -1.94. The fourth-order valence-electron chi connectivity index (χ4n) is 0.430. The summed E-state index contributed by atoms with van der Waals surface area (Å²) in [5, 5.41) is 0. The molecular weight excluding hydrogens is 189 g/mol. The van der Waals surface area contributed by atoms with Crippen molar-refractivity contribution in [3.63, 3.8) is 0 Å². The van der Waals surface area contributed by atoms with Crippen molar-refractivity contribution in [1.82, 2.24) is 4.98 Å². The smallest absolute Gasteiger partial charge is 0.418 e. The van der Waals surface area contributed by atoms with Gasteiger partial charge in [0.1, 0.15) is 5.82 Å². The predicted octanol–water partition coefficient (Wildman–Crippen LogP) is 1.55. The van der Waals surface area contributed by atoms with E-state index in [1.54, 1.807) is 18.3 Å². The summed E-state index contributed by atoms with van der Waals surface area (Å²) < 4.78 is 39.0. The Morgan fingerprint density at radius 3 is 1.85 bits per heavy atom. The molecule has 0 unspecified atom stereocenters. The molecule has 1 aromatic rings. The van der Waals surface area contributed by atoms with Gasteiger partial charge in [0.05, 0.1) is 5.69 Å². The molecule has 0 atom stereocenters.